The van der Waals surface area contributed by atoms with Crippen molar-refractivity contribution in [3.05, 3.63) is 57.2 Å². The first kappa shape index (κ1) is 15.3. The normalized spacial score (nSPS) is 11.0. The molecule has 7 heteroatoms. The molecule has 2 heterocycles. The molecule has 1 amide bonds. The third-order valence-corrected chi connectivity index (χ3v) is 4.06. The van der Waals surface area contributed by atoms with Crippen LogP contribution in [0.5, 0.6) is 0 Å². The number of carbonyl (C=O) groups excluding carboxylic acids is 1. The molecule has 1 aromatic carbocycles. The second-order valence-corrected chi connectivity index (χ2v) is 5.77. The Bertz CT molecular complexity index is 988. The van der Waals surface area contributed by atoms with Gasteiger partial charge >= 0.3 is 5.69 Å². The Morgan fingerprint density at radius 1 is 1.17 bits per heavy atom. The van der Waals surface area contributed by atoms with Crippen LogP contribution in [0.4, 0.5) is 5.69 Å². The highest BCUT2D eigenvalue weighted by Gasteiger charge is 2.12. The van der Waals surface area contributed by atoms with Gasteiger partial charge in [-0.25, -0.2) is 9.78 Å². The van der Waals surface area contributed by atoms with Gasteiger partial charge in [0.25, 0.3) is 5.91 Å². The number of fused-ring (bicyclic) bond motifs is 1. The number of benzene rings is 1. The second kappa shape index (κ2) is 5.55. The maximum atomic E-state index is 12.4. The van der Waals surface area contributed by atoms with Gasteiger partial charge in [-0.2, -0.15) is 0 Å². The van der Waals surface area contributed by atoms with E-state index in [9.17, 15) is 9.59 Å². The Morgan fingerprint density at radius 3 is 2.57 bits per heavy atom. The summed E-state index contributed by atoms with van der Waals surface area (Å²) in [6.45, 7) is 1.80. The predicted molar refractivity (Wildman–Crippen MR) is 90.1 cm³/mol. The zero-order valence-electron chi connectivity index (χ0n) is 12.9. The number of hydrogen-bond acceptors (Lipinski definition) is 3. The van der Waals surface area contributed by atoms with Crippen molar-refractivity contribution in [3.63, 3.8) is 0 Å². The molecule has 0 bridgehead atoms. The van der Waals surface area contributed by atoms with Gasteiger partial charge in [0.1, 0.15) is 5.15 Å². The maximum absolute atomic E-state index is 12.4. The van der Waals surface area contributed by atoms with Crippen LogP contribution in [0.3, 0.4) is 0 Å². The molecule has 23 heavy (non-hydrogen) atoms. The fourth-order valence-corrected chi connectivity index (χ4v) is 2.75. The van der Waals surface area contributed by atoms with E-state index < -0.39 is 0 Å². The first-order valence-electron chi connectivity index (χ1n) is 6.97. The maximum Gasteiger partial charge on any atom is 0.328 e. The Kier molecular flexibility index (Phi) is 3.69. The standard InChI is InChI=1S/C16H15ClN4O2/c1-9-6-14(17)18-8-11(9)15(22)19-10-4-5-12-13(7-10)21(3)16(23)20(12)2/h4-8H,1-3H3,(H,19,22). The van der Waals surface area contributed by atoms with Crippen LogP contribution in [-0.4, -0.2) is 20.0 Å². The van der Waals surface area contributed by atoms with E-state index in [-0.39, 0.29) is 11.6 Å². The molecule has 0 aliphatic carbocycles. The summed E-state index contributed by atoms with van der Waals surface area (Å²) in [6.07, 6.45) is 1.45. The number of nitrogens with zero attached hydrogens (tertiary/aromatic N) is 3. The summed E-state index contributed by atoms with van der Waals surface area (Å²) in [6, 6.07) is 6.98. The Balaban J connectivity index is 1.97. The van der Waals surface area contributed by atoms with Crippen molar-refractivity contribution in [2.45, 2.75) is 6.92 Å². The molecule has 0 aliphatic rings. The minimum Gasteiger partial charge on any atom is -0.322 e. The minimum atomic E-state index is -0.271. The number of imidazole rings is 1. The number of amides is 1. The highest BCUT2D eigenvalue weighted by molar-refractivity contribution is 6.29. The fraction of sp³-hybridized carbons (Fsp3) is 0.188. The number of nitrogens with one attached hydrogen (secondary N) is 1. The van der Waals surface area contributed by atoms with Crippen molar-refractivity contribution in [1.29, 1.82) is 0 Å². The molecule has 0 saturated carbocycles. The lowest BCUT2D eigenvalue weighted by atomic mass is 10.1. The number of anilines is 1. The quantitative estimate of drug-likeness (QED) is 0.734. The van der Waals surface area contributed by atoms with Crippen LogP contribution in [0.25, 0.3) is 11.0 Å². The largest absolute Gasteiger partial charge is 0.328 e. The van der Waals surface area contributed by atoms with Gasteiger partial charge in [-0.15, -0.1) is 0 Å². The summed E-state index contributed by atoms with van der Waals surface area (Å²) in [7, 11) is 3.41. The van der Waals surface area contributed by atoms with Gasteiger partial charge in [0, 0.05) is 26.0 Å². The zero-order valence-corrected chi connectivity index (χ0v) is 13.7. The van der Waals surface area contributed by atoms with Gasteiger partial charge in [0.05, 0.1) is 16.6 Å². The third kappa shape index (κ3) is 2.61. The molecule has 0 atom stereocenters. The van der Waals surface area contributed by atoms with E-state index in [1.807, 2.05) is 0 Å². The highest BCUT2D eigenvalue weighted by Crippen LogP contribution is 2.19. The van der Waals surface area contributed by atoms with E-state index in [0.29, 0.717) is 16.4 Å². The van der Waals surface area contributed by atoms with Gasteiger partial charge in [-0.05, 0) is 36.8 Å². The smallest absolute Gasteiger partial charge is 0.322 e. The van der Waals surface area contributed by atoms with Crippen molar-refractivity contribution in [2.75, 3.05) is 5.32 Å². The van der Waals surface area contributed by atoms with Crippen molar-refractivity contribution in [1.82, 2.24) is 14.1 Å². The van der Waals surface area contributed by atoms with Crippen LogP contribution in [0.1, 0.15) is 15.9 Å². The average molecular weight is 331 g/mol. The molecule has 0 unspecified atom stereocenters. The van der Waals surface area contributed by atoms with Gasteiger partial charge < -0.3 is 5.32 Å². The molecule has 0 spiro atoms. The number of pyridine rings is 1. The lowest BCUT2D eigenvalue weighted by molar-refractivity contribution is 0.102. The average Bonchev–Trinajstić information content (AvgIpc) is 2.72. The van der Waals surface area contributed by atoms with Crippen LogP contribution >= 0.6 is 11.6 Å². The van der Waals surface area contributed by atoms with Crippen molar-refractivity contribution >= 4 is 34.2 Å². The SMILES string of the molecule is Cc1cc(Cl)ncc1C(=O)Nc1ccc2c(c1)n(C)c(=O)n2C. The van der Waals surface area contributed by atoms with E-state index in [2.05, 4.69) is 10.3 Å². The van der Waals surface area contributed by atoms with E-state index in [1.54, 1.807) is 54.4 Å². The lowest BCUT2D eigenvalue weighted by Gasteiger charge is -2.08. The molecule has 6 nitrogen and oxygen atoms in total. The molecule has 0 radical (unpaired) electrons. The molecule has 0 fully saturated rings. The van der Waals surface area contributed by atoms with Crippen molar-refractivity contribution < 1.29 is 4.79 Å². The van der Waals surface area contributed by atoms with Crippen LogP contribution in [0.2, 0.25) is 5.15 Å². The second-order valence-electron chi connectivity index (χ2n) is 5.38. The van der Waals surface area contributed by atoms with E-state index in [4.69, 9.17) is 11.6 Å². The lowest BCUT2D eigenvalue weighted by Crippen LogP contribution is -2.19. The van der Waals surface area contributed by atoms with Crippen molar-refractivity contribution in [3.8, 4) is 0 Å². The van der Waals surface area contributed by atoms with Crippen LogP contribution < -0.4 is 11.0 Å². The number of carbonyl (C=O) groups is 1. The van der Waals surface area contributed by atoms with Crippen molar-refractivity contribution in [2.24, 2.45) is 14.1 Å². The first-order valence-corrected chi connectivity index (χ1v) is 7.35. The molecule has 2 aromatic heterocycles. The number of aryl methyl sites for hydroxylation is 3. The fourth-order valence-electron chi connectivity index (χ4n) is 2.54. The summed E-state index contributed by atoms with van der Waals surface area (Å²) in [5.74, 6) is -0.271. The Hall–Kier alpha value is -2.60. The number of rotatable bonds is 2. The minimum absolute atomic E-state index is 0.110. The highest BCUT2D eigenvalue weighted by atomic mass is 35.5. The summed E-state index contributed by atoms with van der Waals surface area (Å²) in [5, 5.41) is 3.17. The third-order valence-electron chi connectivity index (χ3n) is 3.85. The Morgan fingerprint density at radius 2 is 1.87 bits per heavy atom. The summed E-state index contributed by atoms with van der Waals surface area (Å²) < 4.78 is 3.11. The zero-order chi connectivity index (χ0) is 16.7. The first-order chi connectivity index (χ1) is 10.9. The monoisotopic (exact) mass is 330 g/mol. The topological polar surface area (TPSA) is 68.9 Å². The molecular formula is C16H15ClN4O2. The molecule has 3 rings (SSSR count). The number of hydrogen-bond donors (Lipinski definition) is 1. The van der Waals surface area contributed by atoms with Gasteiger partial charge in [0.15, 0.2) is 0 Å². The number of aromatic nitrogens is 3. The van der Waals surface area contributed by atoms with Gasteiger partial charge in [-0.3, -0.25) is 13.9 Å². The predicted octanol–water partition coefficient (Wildman–Crippen LogP) is 2.49. The molecule has 3 aromatic rings. The van der Waals surface area contributed by atoms with Crippen LogP contribution in [0.15, 0.2) is 35.3 Å². The Labute approximate surface area is 137 Å². The summed E-state index contributed by atoms with van der Waals surface area (Å²) >= 11 is 5.80. The van der Waals surface area contributed by atoms with E-state index in [0.717, 1.165) is 16.6 Å². The summed E-state index contributed by atoms with van der Waals surface area (Å²) in [4.78, 5) is 28.2. The molecule has 118 valence electrons. The molecular weight excluding hydrogens is 316 g/mol. The molecule has 0 saturated heterocycles. The van der Waals surface area contributed by atoms with Crippen LogP contribution in [0, 0.1) is 6.92 Å². The van der Waals surface area contributed by atoms with Gasteiger partial charge in [0.2, 0.25) is 0 Å². The van der Waals surface area contributed by atoms with Crippen LogP contribution in [-0.2, 0) is 14.1 Å². The van der Waals surface area contributed by atoms with E-state index >= 15 is 0 Å². The summed E-state index contributed by atoms with van der Waals surface area (Å²) in [5.41, 5.74) is 3.26. The molecule has 0 aliphatic heterocycles. The molecule has 1 N–H and O–H groups in total. The number of halogens is 1. The van der Waals surface area contributed by atoms with E-state index in [1.165, 1.54) is 6.20 Å². The van der Waals surface area contributed by atoms with Gasteiger partial charge in [-0.1, -0.05) is 11.6 Å².